The predicted octanol–water partition coefficient (Wildman–Crippen LogP) is 1.66. The Morgan fingerprint density at radius 3 is 2.48 bits per heavy atom. The molecule has 0 aliphatic heterocycles. The van der Waals surface area contributed by atoms with Gasteiger partial charge in [0.2, 0.25) is 5.91 Å². The fraction of sp³-hybridized carbons (Fsp3) is 0.467. The normalized spacial score (nSPS) is 10.2. The van der Waals surface area contributed by atoms with Crippen LogP contribution >= 0.6 is 11.6 Å². The molecule has 1 amide bonds. The number of hydrogen-bond donors (Lipinski definition) is 1. The number of aliphatic hydroxyl groups excluding tert-OH is 1. The van der Waals surface area contributed by atoms with E-state index in [2.05, 4.69) is 0 Å². The van der Waals surface area contributed by atoms with Crippen LogP contribution in [0.1, 0.15) is 18.9 Å². The molecule has 0 aliphatic rings. The summed E-state index contributed by atoms with van der Waals surface area (Å²) in [5, 5.41) is 9.64. The lowest BCUT2D eigenvalue weighted by Crippen LogP contribution is -2.36. The van der Waals surface area contributed by atoms with Gasteiger partial charge in [0.25, 0.3) is 0 Å². The smallest absolute Gasteiger partial charge is 0.307 e. The summed E-state index contributed by atoms with van der Waals surface area (Å²) in [6.07, 6.45) is 0.334. The van der Waals surface area contributed by atoms with Gasteiger partial charge in [0.15, 0.2) is 0 Å². The van der Waals surface area contributed by atoms with E-state index in [9.17, 15) is 9.59 Å². The molecule has 1 N–H and O–H groups in total. The highest BCUT2D eigenvalue weighted by molar-refractivity contribution is 6.30. The van der Waals surface area contributed by atoms with E-state index in [0.29, 0.717) is 11.6 Å². The number of hydrogen-bond acceptors (Lipinski definition) is 4. The second-order valence-electron chi connectivity index (χ2n) is 4.46. The van der Waals surface area contributed by atoms with E-state index in [1.165, 1.54) is 4.90 Å². The first-order chi connectivity index (χ1) is 10.1. The summed E-state index contributed by atoms with van der Waals surface area (Å²) in [6.45, 7) is 2.35. The fourth-order valence-electron chi connectivity index (χ4n) is 1.83. The first-order valence-electron chi connectivity index (χ1n) is 6.85. The lowest BCUT2D eigenvalue weighted by molar-refractivity contribution is -0.144. The predicted molar refractivity (Wildman–Crippen MR) is 80.1 cm³/mol. The van der Waals surface area contributed by atoms with E-state index in [0.717, 1.165) is 5.56 Å². The molecule has 0 aromatic heterocycles. The van der Waals surface area contributed by atoms with Crippen molar-refractivity contribution in [3.63, 3.8) is 0 Å². The minimum Gasteiger partial charge on any atom is -0.466 e. The summed E-state index contributed by atoms with van der Waals surface area (Å²) >= 11 is 5.79. The Labute approximate surface area is 129 Å². The van der Waals surface area contributed by atoms with Crippen molar-refractivity contribution >= 4 is 23.5 Å². The highest BCUT2D eigenvalue weighted by Crippen LogP contribution is 2.11. The zero-order valence-electron chi connectivity index (χ0n) is 12.0. The van der Waals surface area contributed by atoms with Crippen molar-refractivity contribution in [3.05, 3.63) is 34.9 Å². The monoisotopic (exact) mass is 313 g/mol. The third-order valence-corrected chi connectivity index (χ3v) is 3.13. The molecular weight excluding hydrogens is 294 g/mol. The number of aliphatic hydroxyl groups is 1. The first kappa shape index (κ1) is 17.5. The largest absolute Gasteiger partial charge is 0.466 e. The molecule has 1 aromatic carbocycles. The maximum atomic E-state index is 12.2. The zero-order chi connectivity index (χ0) is 15.7. The summed E-state index contributed by atoms with van der Waals surface area (Å²) < 4.78 is 4.83. The molecule has 0 spiro atoms. The summed E-state index contributed by atoms with van der Waals surface area (Å²) in [4.78, 5) is 25.0. The number of ether oxygens (including phenoxy) is 1. The quantitative estimate of drug-likeness (QED) is 0.741. The number of benzene rings is 1. The second kappa shape index (κ2) is 9.37. The van der Waals surface area contributed by atoms with Gasteiger partial charge in [-0.25, -0.2) is 0 Å². The lowest BCUT2D eigenvalue weighted by atomic mass is 10.1. The molecule has 1 aromatic rings. The molecule has 5 nitrogen and oxygen atoms in total. The van der Waals surface area contributed by atoms with E-state index >= 15 is 0 Å². The average Bonchev–Trinajstić information content (AvgIpc) is 2.46. The van der Waals surface area contributed by atoms with Crippen LogP contribution in [0.2, 0.25) is 5.02 Å². The van der Waals surface area contributed by atoms with Crippen molar-refractivity contribution in [3.8, 4) is 0 Å². The standard InChI is InChI=1S/C15H20ClNO4/c1-2-21-15(20)7-8-17(9-10-18)14(19)11-12-3-5-13(16)6-4-12/h3-6,18H,2,7-11H2,1H3. The van der Waals surface area contributed by atoms with E-state index in [4.69, 9.17) is 21.4 Å². The molecule has 0 aliphatic carbocycles. The Kier molecular flexibility index (Phi) is 7.79. The van der Waals surface area contributed by atoms with Crippen LogP contribution in [0, 0.1) is 0 Å². The topological polar surface area (TPSA) is 66.8 Å². The summed E-state index contributed by atoms with van der Waals surface area (Å²) in [7, 11) is 0. The molecule has 0 unspecified atom stereocenters. The van der Waals surface area contributed by atoms with E-state index in [1.807, 2.05) is 0 Å². The Balaban J connectivity index is 2.55. The highest BCUT2D eigenvalue weighted by atomic mass is 35.5. The highest BCUT2D eigenvalue weighted by Gasteiger charge is 2.15. The molecule has 1 rings (SSSR count). The maximum Gasteiger partial charge on any atom is 0.307 e. The van der Waals surface area contributed by atoms with Gasteiger partial charge in [-0.3, -0.25) is 9.59 Å². The molecule has 0 bridgehead atoms. The lowest BCUT2D eigenvalue weighted by Gasteiger charge is -2.21. The minimum atomic E-state index is -0.347. The number of carbonyl (C=O) groups is 2. The number of nitrogens with zero attached hydrogens (tertiary/aromatic N) is 1. The van der Waals surface area contributed by atoms with E-state index < -0.39 is 0 Å². The molecule has 0 fully saturated rings. The van der Waals surface area contributed by atoms with Crippen molar-refractivity contribution in [2.75, 3.05) is 26.3 Å². The molecular formula is C15H20ClNO4. The van der Waals surface area contributed by atoms with Gasteiger partial charge in [-0.2, -0.15) is 0 Å². The van der Waals surface area contributed by atoms with Crippen LogP contribution in [0.25, 0.3) is 0 Å². The van der Waals surface area contributed by atoms with Crippen molar-refractivity contribution in [1.29, 1.82) is 0 Å². The molecule has 116 valence electrons. The molecule has 0 saturated heterocycles. The molecule has 0 heterocycles. The third kappa shape index (κ3) is 6.60. The number of carbonyl (C=O) groups excluding carboxylic acids is 2. The van der Waals surface area contributed by atoms with E-state index in [-0.39, 0.29) is 44.4 Å². The van der Waals surface area contributed by atoms with Crippen molar-refractivity contribution in [2.45, 2.75) is 19.8 Å². The van der Waals surface area contributed by atoms with Gasteiger partial charge in [0.1, 0.15) is 0 Å². The number of halogens is 1. The zero-order valence-corrected chi connectivity index (χ0v) is 12.8. The first-order valence-corrected chi connectivity index (χ1v) is 7.23. The number of amides is 1. The van der Waals surface area contributed by atoms with E-state index in [1.54, 1.807) is 31.2 Å². The molecule has 0 radical (unpaired) electrons. The summed E-state index contributed by atoms with van der Waals surface area (Å²) in [6, 6.07) is 7.00. The Hall–Kier alpha value is -1.59. The van der Waals surface area contributed by atoms with Crippen LogP contribution in [0.15, 0.2) is 24.3 Å². The van der Waals surface area contributed by atoms with Crippen LogP contribution in [0.3, 0.4) is 0 Å². The van der Waals surface area contributed by atoms with Crippen molar-refractivity contribution < 1.29 is 19.4 Å². The van der Waals surface area contributed by atoms with Crippen molar-refractivity contribution in [2.24, 2.45) is 0 Å². The average molecular weight is 314 g/mol. The molecule has 0 saturated carbocycles. The molecule has 21 heavy (non-hydrogen) atoms. The van der Waals surface area contributed by atoms with Crippen molar-refractivity contribution in [1.82, 2.24) is 4.90 Å². The van der Waals surface area contributed by atoms with Gasteiger partial charge in [-0.15, -0.1) is 0 Å². The van der Waals surface area contributed by atoms with Gasteiger partial charge in [-0.05, 0) is 24.6 Å². The van der Waals surface area contributed by atoms with Crippen LogP contribution in [0.4, 0.5) is 0 Å². The van der Waals surface area contributed by atoms with Crippen LogP contribution in [0.5, 0.6) is 0 Å². The third-order valence-electron chi connectivity index (χ3n) is 2.88. The molecule has 6 heteroatoms. The van der Waals surface area contributed by atoms with Gasteiger partial charge < -0.3 is 14.7 Å². The summed E-state index contributed by atoms with van der Waals surface area (Å²) in [5.74, 6) is -0.490. The van der Waals surface area contributed by atoms with Gasteiger partial charge in [-0.1, -0.05) is 23.7 Å². The second-order valence-corrected chi connectivity index (χ2v) is 4.90. The van der Waals surface area contributed by atoms with Crippen LogP contribution in [-0.2, 0) is 20.7 Å². The maximum absolute atomic E-state index is 12.2. The Morgan fingerprint density at radius 1 is 1.24 bits per heavy atom. The number of esters is 1. The fourth-order valence-corrected chi connectivity index (χ4v) is 1.96. The van der Waals surface area contributed by atoms with Gasteiger partial charge in [0, 0.05) is 18.1 Å². The van der Waals surface area contributed by atoms with Gasteiger partial charge in [0.05, 0.1) is 26.1 Å². The molecule has 0 atom stereocenters. The SMILES string of the molecule is CCOC(=O)CCN(CCO)C(=O)Cc1ccc(Cl)cc1. The van der Waals surface area contributed by atoms with Crippen LogP contribution in [-0.4, -0.2) is 48.2 Å². The minimum absolute atomic E-state index is 0.125. The summed E-state index contributed by atoms with van der Waals surface area (Å²) in [5.41, 5.74) is 0.837. The van der Waals surface area contributed by atoms with Gasteiger partial charge >= 0.3 is 5.97 Å². The number of rotatable bonds is 8. The Morgan fingerprint density at radius 2 is 1.90 bits per heavy atom. The Bertz CT molecular complexity index is 461. The van der Waals surface area contributed by atoms with Crippen LogP contribution < -0.4 is 0 Å².